The molecule has 0 atom stereocenters. The Bertz CT molecular complexity index is 599. The Kier molecular flexibility index (Phi) is 3.74. The zero-order valence-corrected chi connectivity index (χ0v) is 11.5. The summed E-state index contributed by atoms with van der Waals surface area (Å²) in [5, 5.41) is 10.2. The van der Waals surface area contributed by atoms with E-state index in [1.54, 1.807) is 0 Å². The van der Waals surface area contributed by atoms with E-state index >= 15 is 0 Å². The molecule has 0 radical (unpaired) electrons. The molecule has 0 spiro atoms. The van der Waals surface area contributed by atoms with E-state index in [-0.39, 0.29) is 12.5 Å². The second kappa shape index (κ2) is 5.67. The molecular formula is C16H20N2O2. The van der Waals surface area contributed by atoms with Crippen molar-refractivity contribution in [2.45, 2.75) is 19.3 Å². The van der Waals surface area contributed by atoms with E-state index in [0.717, 1.165) is 31.4 Å². The lowest BCUT2D eigenvalue weighted by Crippen LogP contribution is -2.51. The Hall–Kier alpha value is -1.81. The molecule has 4 nitrogen and oxygen atoms in total. The number of para-hydroxylation sites is 1. The van der Waals surface area contributed by atoms with Crippen LogP contribution in [-0.2, 0) is 11.2 Å². The summed E-state index contributed by atoms with van der Waals surface area (Å²) in [6.45, 7) is 1.64. The summed E-state index contributed by atoms with van der Waals surface area (Å²) in [5.74, 6) is 0.516. The van der Waals surface area contributed by atoms with Crippen LogP contribution in [0.25, 0.3) is 10.9 Å². The molecule has 1 fully saturated rings. The minimum absolute atomic E-state index is 0.194. The second-order valence-electron chi connectivity index (χ2n) is 5.56. The first kappa shape index (κ1) is 13.2. The molecule has 1 aliphatic rings. The van der Waals surface area contributed by atoms with Gasteiger partial charge in [0.2, 0.25) is 5.91 Å². The van der Waals surface area contributed by atoms with Crippen LogP contribution in [0, 0.1) is 5.92 Å². The van der Waals surface area contributed by atoms with Gasteiger partial charge in [0.15, 0.2) is 0 Å². The van der Waals surface area contributed by atoms with Crippen LogP contribution >= 0.6 is 0 Å². The SMILES string of the molecule is O=C(CCCc1c[nH]c2ccccc12)N1CC(CO)C1. The maximum Gasteiger partial charge on any atom is 0.222 e. The van der Waals surface area contributed by atoms with Crippen LogP contribution in [0.1, 0.15) is 18.4 Å². The monoisotopic (exact) mass is 272 g/mol. The first-order valence-electron chi connectivity index (χ1n) is 7.21. The van der Waals surface area contributed by atoms with E-state index in [1.807, 2.05) is 23.2 Å². The van der Waals surface area contributed by atoms with Crippen molar-refractivity contribution >= 4 is 16.8 Å². The topological polar surface area (TPSA) is 56.3 Å². The van der Waals surface area contributed by atoms with Crippen molar-refractivity contribution in [1.82, 2.24) is 9.88 Å². The molecule has 3 rings (SSSR count). The molecule has 1 aromatic carbocycles. The summed E-state index contributed by atoms with van der Waals surface area (Å²) in [4.78, 5) is 17.0. The minimum Gasteiger partial charge on any atom is -0.396 e. The molecule has 4 heteroatoms. The van der Waals surface area contributed by atoms with Crippen molar-refractivity contribution < 1.29 is 9.90 Å². The van der Waals surface area contributed by atoms with Gasteiger partial charge in [0.25, 0.3) is 0 Å². The van der Waals surface area contributed by atoms with E-state index in [0.29, 0.717) is 12.3 Å². The van der Waals surface area contributed by atoms with Gasteiger partial charge in [-0.1, -0.05) is 18.2 Å². The van der Waals surface area contributed by atoms with Crippen molar-refractivity contribution in [1.29, 1.82) is 0 Å². The van der Waals surface area contributed by atoms with Gasteiger partial charge in [-0.2, -0.15) is 0 Å². The van der Waals surface area contributed by atoms with Crippen molar-refractivity contribution in [2.75, 3.05) is 19.7 Å². The third-order valence-corrected chi connectivity index (χ3v) is 4.08. The first-order valence-corrected chi connectivity index (χ1v) is 7.21. The highest BCUT2D eigenvalue weighted by atomic mass is 16.3. The van der Waals surface area contributed by atoms with E-state index in [4.69, 9.17) is 5.11 Å². The lowest BCUT2D eigenvalue weighted by Gasteiger charge is -2.38. The second-order valence-corrected chi connectivity index (χ2v) is 5.56. The number of carbonyl (C=O) groups is 1. The van der Waals surface area contributed by atoms with Gasteiger partial charge in [0.1, 0.15) is 0 Å². The number of hydrogen-bond donors (Lipinski definition) is 2. The highest BCUT2D eigenvalue weighted by Crippen LogP contribution is 2.21. The Morgan fingerprint density at radius 3 is 2.95 bits per heavy atom. The van der Waals surface area contributed by atoms with Crippen LogP contribution in [0.2, 0.25) is 0 Å². The van der Waals surface area contributed by atoms with Crippen molar-refractivity contribution in [3.63, 3.8) is 0 Å². The van der Waals surface area contributed by atoms with Crippen molar-refractivity contribution in [3.8, 4) is 0 Å². The summed E-state index contributed by atoms with van der Waals surface area (Å²) in [6.07, 6.45) is 4.44. The molecule has 0 unspecified atom stereocenters. The lowest BCUT2D eigenvalue weighted by molar-refractivity contribution is -0.138. The number of carbonyl (C=O) groups excluding carboxylic acids is 1. The number of aryl methyl sites for hydroxylation is 1. The fraction of sp³-hybridized carbons (Fsp3) is 0.438. The number of hydrogen-bond acceptors (Lipinski definition) is 2. The first-order chi connectivity index (χ1) is 9.78. The summed E-state index contributed by atoms with van der Waals surface area (Å²) in [7, 11) is 0. The van der Waals surface area contributed by atoms with Crippen molar-refractivity contribution in [3.05, 3.63) is 36.0 Å². The highest BCUT2D eigenvalue weighted by molar-refractivity contribution is 5.83. The van der Waals surface area contributed by atoms with Crippen LogP contribution in [0.5, 0.6) is 0 Å². The van der Waals surface area contributed by atoms with Gasteiger partial charge in [0, 0.05) is 49.1 Å². The molecule has 0 aliphatic carbocycles. The standard InChI is InChI=1S/C16H20N2O2/c19-11-12-9-18(10-12)16(20)7-3-4-13-8-17-15-6-2-1-5-14(13)15/h1-2,5-6,8,12,17,19H,3-4,7,9-11H2. The summed E-state index contributed by atoms with van der Waals surface area (Å²) in [5.41, 5.74) is 2.44. The van der Waals surface area contributed by atoms with Crippen LogP contribution in [0.4, 0.5) is 0 Å². The minimum atomic E-state index is 0.194. The van der Waals surface area contributed by atoms with Gasteiger partial charge in [-0.05, 0) is 24.5 Å². The Morgan fingerprint density at radius 1 is 1.35 bits per heavy atom. The van der Waals surface area contributed by atoms with Gasteiger partial charge >= 0.3 is 0 Å². The van der Waals surface area contributed by atoms with Crippen LogP contribution in [-0.4, -0.2) is 40.6 Å². The third-order valence-electron chi connectivity index (χ3n) is 4.08. The molecule has 106 valence electrons. The molecule has 20 heavy (non-hydrogen) atoms. The van der Waals surface area contributed by atoms with E-state index in [9.17, 15) is 4.79 Å². The van der Waals surface area contributed by atoms with Crippen LogP contribution < -0.4 is 0 Å². The predicted molar refractivity (Wildman–Crippen MR) is 78.4 cm³/mol. The highest BCUT2D eigenvalue weighted by Gasteiger charge is 2.29. The zero-order chi connectivity index (χ0) is 13.9. The molecule has 1 aliphatic heterocycles. The number of aliphatic hydroxyl groups is 1. The van der Waals surface area contributed by atoms with Gasteiger partial charge in [-0.3, -0.25) is 4.79 Å². The van der Waals surface area contributed by atoms with Gasteiger partial charge in [0.05, 0.1) is 0 Å². The predicted octanol–water partition coefficient (Wildman–Crippen LogP) is 1.94. The largest absolute Gasteiger partial charge is 0.396 e. The number of rotatable bonds is 5. The number of fused-ring (bicyclic) bond motifs is 1. The molecule has 2 heterocycles. The zero-order valence-electron chi connectivity index (χ0n) is 11.5. The fourth-order valence-electron chi connectivity index (χ4n) is 2.82. The molecule has 1 saturated heterocycles. The Morgan fingerprint density at radius 2 is 2.15 bits per heavy atom. The summed E-state index contributed by atoms with van der Waals surface area (Å²) < 4.78 is 0. The van der Waals surface area contributed by atoms with Gasteiger partial charge < -0.3 is 15.0 Å². The summed E-state index contributed by atoms with van der Waals surface area (Å²) in [6, 6.07) is 8.25. The number of aromatic amines is 1. The molecule has 2 N–H and O–H groups in total. The Labute approximate surface area is 118 Å². The number of nitrogens with one attached hydrogen (secondary N) is 1. The number of likely N-dealkylation sites (tertiary alicyclic amines) is 1. The lowest BCUT2D eigenvalue weighted by atomic mass is 10.00. The average molecular weight is 272 g/mol. The molecule has 0 bridgehead atoms. The van der Waals surface area contributed by atoms with Crippen LogP contribution in [0.3, 0.4) is 0 Å². The van der Waals surface area contributed by atoms with Gasteiger partial charge in [-0.15, -0.1) is 0 Å². The number of benzene rings is 1. The third kappa shape index (κ3) is 2.56. The maximum atomic E-state index is 11.9. The number of nitrogens with zero attached hydrogens (tertiary/aromatic N) is 1. The number of aliphatic hydroxyl groups excluding tert-OH is 1. The van der Waals surface area contributed by atoms with Gasteiger partial charge in [-0.25, -0.2) is 0 Å². The molecule has 1 aromatic heterocycles. The molecule has 1 amide bonds. The van der Waals surface area contributed by atoms with E-state index in [2.05, 4.69) is 17.1 Å². The van der Waals surface area contributed by atoms with E-state index < -0.39 is 0 Å². The smallest absolute Gasteiger partial charge is 0.222 e. The van der Waals surface area contributed by atoms with Crippen LogP contribution in [0.15, 0.2) is 30.5 Å². The molecule has 2 aromatic rings. The van der Waals surface area contributed by atoms with Crippen molar-refractivity contribution in [2.24, 2.45) is 5.92 Å². The molecule has 0 saturated carbocycles. The fourth-order valence-corrected chi connectivity index (χ4v) is 2.82. The maximum absolute atomic E-state index is 11.9. The molecular weight excluding hydrogens is 252 g/mol. The van der Waals surface area contributed by atoms with E-state index in [1.165, 1.54) is 10.9 Å². The average Bonchev–Trinajstić information content (AvgIpc) is 2.81. The number of amides is 1. The number of H-pyrrole nitrogens is 1. The quantitative estimate of drug-likeness (QED) is 0.874. The Balaban J connectivity index is 1.49. The summed E-state index contributed by atoms with van der Waals surface area (Å²) >= 11 is 0. The normalized spacial score (nSPS) is 15.6. The number of aromatic nitrogens is 1.